The summed E-state index contributed by atoms with van der Waals surface area (Å²) < 4.78 is 0. The van der Waals surface area contributed by atoms with Crippen molar-refractivity contribution in [2.45, 2.75) is 41.5 Å². The van der Waals surface area contributed by atoms with Crippen LogP contribution in [0.3, 0.4) is 0 Å². The van der Waals surface area contributed by atoms with E-state index in [1.54, 1.807) is 0 Å². The van der Waals surface area contributed by atoms with E-state index in [-0.39, 0.29) is 0 Å². The van der Waals surface area contributed by atoms with Gasteiger partial charge in [-0.05, 0) is 127 Å². The molecule has 48 heavy (non-hydrogen) atoms. The van der Waals surface area contributed by atoms with E-state index in [1.807, 2.05) is 0 Å². The summed E-state index contributed by atoms with van der Waals surface area (Å²) >= 11 is 0. The molecule has 0 spiro atoms. The van der Waals surface area contributed by atoms with Crippen molar-refractivity contribution < 1.29 is 0 Å². The molecule has 0 saturated heterocycles. The Balaban J connectivity index is 1.51. The van der Waals surface area contributed by atoms with Gasteiger partial charge in [-0.25, -0.2) is 0 Å². The van der Waals surface area contributed by atoms with Crippen LogP contribution in [0.25, 0.3) is 66.8 Å². The molecule has 0 aliphatic heterocycles. The Hall–Kier alpha value is -5.46. The van der Waals surface area contributed by atoms with Gasteiger partial charge in [0.25, 0.3) is 0 Å². The van der Waals surface area contributed by atoms with Gasteiger partial charge in [0.05, 0.1) is 0 Å². The highest BCUT2D eigenvalue weighted by molar-refractivity contribution is 5.94. The van der Waals surface area contributed by atoms with Gasteiger partial charge in [0.15, 0.2) is 0 Å². The van der Waals surface area contributed by atoms with Gasteiger partial charge < -0.3 is 0 Å². The normalized spacial score (nSPS) is 11.1. The summed E-state index contributed by atoms with van der Waals surface area (Å²) in [6.07, 6.45) is 0. The molecule has 0 fully saturated rings. The highest BCUT2D eigenvalue weighted by atomic mass is 14.2. The zero-order chi connectivity index (χ0) is 33.4. The first-order chi connectivity index (χ1) is 23.2. The van der Waals surface area contributed by atoms with Crippen LogP contribution in [0, 0.1) is 41.5 Å². The lowest BCUT2D eigenvalue weighted by atomic mass is 9.85. The van der Waals surface area contributed by atoms with Crippen molar-refractivity contribution in [1.29, 1.82) is 0 Å². The summed E-state index contributed by atoms with van der Waals surface area (Å²) in [5, 5.41) is 0. The van der Waals surface area contributed by atoms with Crippen LogP contribution in [0.1, 0.15) is 33.4 Å². The Kier molecular flexibility index (Phi) is 8.42. The van der Waals surface area contributed by atoms with Crippen LogP contribution in [0.15, 0.2) is 146 Å². The molecule has 0 unspecified atom stereocenters. The number of rotatable bonds is 6. The molecule has 0 bridgehead atoms. The lowest BCUT2D eigenvalue weighted by Crippen LogP contribution is -1.93. The van der Waals surface area contributed by atoms with Gasteiger partial charge in [-0.3, -0.25) is 0 Å². The Bertz CT molecular complexity index is 1970. The van der Waals surface area contributed by atoms with Crippen LogP contribution in [-0.2, 0) is 0 Å². The summed E-state index contributed by atoms with van der Waals surface area (Å²) in [6, 6.07) is 54.4. The molecule has 0 heterocycles. The third-order valence-corrected chi connectivity index (χ3v) is 9.25. The zero-order valence-corrected chi connectivity index (χ0v) is 28.9. The average Bonchev–Trinajstić information content (AvgIpc) is 3.07. The van der Waals surface area contributed by atoms with Crippen LogP contribution in [0.2, 0.25) is 0 Å². The first kappa shape index (κ1) is 31.2. The molecule has 234 valence electrons. The molecule has 0 saturated carbocycles. The summed E-state index contributed by atoms with van der Waals surface area (Å²) in [7, 11) is 0. The molecule has 0 N–H and O–H groups in total. The molecule has 0 aliphatic rings. The van der Waals surface area contributed by atoms with Crippen molar-refractivity contribution in [3.05, 3.63) is 179 Å². The van der Waals surface area contributed by atoms with Gasteiger partial charge in [-0.15, -0.1) is 0 Å². The predicted molar refractivity (Wildman–Crippen MR) is 207 cm³/mol. The van der Waals surface area contributed by atoms with E-state index in [9.17, 15) is 0 Å². The molecular formula is C48H42. The molecule has 0 nitrogen and oxygen atoms in total. The highest BCUT2D eigenvalue weighted by Gasteiger charge is 2.16. The maximum Gasteiger partial charge on any atom is -0.0105 e. The fourth-order valence-electron chi connectivity index (χ4n) is 7.44. The van der Waals surface area contributed by atoms with E-state index in [1.165, 1.54) is 100 Å². The number of benzene rings is 7. The minimum Gasteiger partial charge on any atom is -0.0616 e. The Morgan fingerprint density at radius 1 is 0.208 bits per heavy atom. The fraction of sp³-hybridized carbons (Fsp3) is 0.125. The Morgan fingerprint density at radius 3 is 0.562 bits per heavy atom. The summed E-state index contributed by atoms with van der Waals surface area (Å²) in [6.45, 7) is 13.1. The molecule has 7 aromatic rings. The smallest absolute Gasteiger partial charge is 0.0105 e. The van der Waals surface area contributed by atoms with Crippen molar-refractivity contribution >= 4 is 0 Å². The van der Waals surface area contributed by atoms with Crippen LogP contribution in [-0.4, -0.2) is 0 Å². The highest BCUT2D eigenvalue weighted by Crippen LogP contribution is 2.42. The van der Waals surface area contributed by atoms with Crippen molar-refractivity contribution in [2.75, 3.05) is 0 Å². The van der Waals surface area contributed by atoms with Crippen LogP contribution >= 0.6 is 0 Å². The van der Waals surface area contributed by atoms with E-state index >= 15 is 0 Å². The fourth-order valence-corrected chi connectivity index (χ4v) is 7.44. The molecule has 7 rings (SSSR count). The van der Waals surface area contributed by atoms with E-state index in [4.69, 9.17) is 0 Å². The summed E-state index contributed by atoms with van der Waals surface area (Å²) in [5.41, 5.74) is 22.5. The van der Waals surface area contributed by atoms with Gasteiger partial charge in [-0.1, -0.05) is 161 Å². The first-order valence-electron chi connectivity index (χ1n) is 16.9. The SMILES string of the molecule is Cc1cc(C)cc(-c2ccccc2-c2cc(-c3ccccc3-c3cc(C)cc(C)c3)cc(-c3ccccc3-c3cc(C)cc(C)c3)c2)c1. The lowest BCUT2D eigenvalue weighted by Gasteiger charge is -2.18. The minimum atomic E-state index is 1.21. The second-order valence-corrected chi connectivity index (χ2v) is 13.6. The van der Waals surface area contributed by atoms with Gasteiger partial charge in [0, 0.05) is 0 Å². The second-order valence-electron chi connectivity index (χ2n) is 13.6. The van der Waals surface area contributed by atoms with Crippen LogP contribution in [0.5, 0.6) is 0 Å². The third kappa shape index (κ3) is 6.40. The standard InChI is InChI=1S/C48H42/c1-31-19-32(2)23-37(22-31)43-13-7-10-16-46(43)40-28-41(47-17-11-8-14-44(47)38-24-33(3)20-34(4)25-38)30-42(29-40)48-18-12-9-15-45(48)39-26-35(5)21-36(6)27-39/h7-30H,1-6H3. The molecule has 0 atom stereocenters. The van der Waals surface area contributed by atoms with Gasteiger partial charge in [0.1, 0.15) is 0 Å². The predicted octanol–water partition coefficient (Wildman–Crippen LogP) is 13.5. The molecule has 7 aromatic carbocycles. The monoisotopic (exact) mass is 618 g/mol. The molecule has 0 heteroatoms. The van der Waals surface area contributed by atoms with Gasteiger partial charge in [-0.2, -0.15) is 0 Å². The number of aryl methyl sites for hydroxylation is 6. The average molecular weight is 619 g/mol. The molecular weight excluding hydrogens is 577 g/mol. The molecule has 0 aromatic heterocycles. The van der Waals surface area contributed by atoms with E-state index < -0.39 is 0 Å². The van der Waals surface area contributed by atoms with E-state index in [0.29, 0.717) is 0 Å². The quantitative estimate of drug-likeness (QED) is 0.174. The van der Waals surface area contributed by atoms with Gasteiger partial charge >= 0.3 is 0 Å². The van der Waals surface area contributed by atoms with Crippen LogP contribution < -0.4 is 0 Å². The largest absolute Gasteiger partial charge is 0.0616 e. The topological polar surface area (TPSA) is 0 Å². The Morgan fingerprint density at radius 2 is 0.375 bits per heavy atom. The lowest BCUT2D eigenvalue weighted by molar-refractivity contribution is 1.38. The number of hydrogen-bond acceptors (Lipinski definition) is 0. The Labute approximate surface area is 286 Å². The molecule has 0 amide bonds. The van der Waals surface area contributed by atoms with Crippen molar-refractivity contribution in [3.63, 3.8) is 0 Å². The van der Waals surface area contributed by atoms with Crippen molar-refractivity contribution in [1.82, 2.24) is 0 Å². The minimum absolute atomic E-state index is 1.21. The number of hydrogen-bond donors (Lipinski definition) is 0. The maximum absolute atomic E-state index is 2.39. The van der Waals surface area contributed by atoms with E-state index in [2.05, 4.69) is 187 Å². The van der Waals surface area contributed by atoms with Crippen molar-refractivity contribution in [3.8, 4) is 66.8 Å². The summed E-state index contributed by atoms with van der Waals surface area (Å²) in [5.74, 6) is 0. The second kappa shape index (κ2) is 13.0. The molecule has 0 aliphatic carbocycles. The van der Waals surface area contributed by atoms with Crippen molar-refractivity contribution in [2.24, 2.45) is 0 Å². The van der Waals surface area contributed by atoms with E-state index in [0.717, 1.165) is 0 Å². The van der Waals surface area contributed by atoms with Gasteiger partial charge in [0.2, 0.25) is 0 Å². The zero-order valence-electron chi connectivity index (χ0n) is 28.9. The third-order valence-electron chi connectivity index (χ3n) is 9.25. The first-order valence-corrected chi connectivity index (χ1v) is 16.9. The van der Waals surface area contributed by atoms with Crippen LogP contribution in [0.4, 0.5) is 0 Å². The maximum atomic E-state index is 2.39. The summed E-state index contributed by atoms with van der Waals surface area (Å²) in [4.78, 5) is 0. The molecule has 0 radical (unpaired) electrons.